The number of hydrogen-bond donors (Lipinski definition) is 0. The molecular formula is C30H42N2O8. The molecule has 2 amide bonds. The number of nitrogens with zero attached hydrogens (tertiary/aromatic N) is 2. The molecule has 2 aromatic rings. The van der Waals surface area contributed by atoms with Crippen molar-refractivity contribution in [3.05, 3.63) is 35.4 Å². The van der Waals surface area contributed by atoms with Crippen molar-refractivity contribution in [3.8, 4) is 34.5 Å². The highest BCUT2D eigenvalue weighted by molar-refractivity contribution is 5.97. The summed E-state index contributed by atoms with van der Waals surface area (Å²) in [6.07, 6.45) is 1.61. The van der Waals surface area contributed by atoms with Gasteiger partial charge >= 0.3 is 0 Å². The van der Waals surface area contributed by atoms with Gasteiger partial charge in [0.05, 0.1) is 42.7 Å². The standard InChI is InChI=1S/C30H42N2O8/c1-30(2,3)11-10-21-18-31(28(33)19-14-22(35-4)26(39-8)23(15-19)36-5)12-13-32(21)29(34)20-16-24(37-6)27(40-9)25(17-20)38-7/h14-17,21H,10-13,18H2,1-9H3. The molecule has 1 heterocycles. The number of piperazine rings is 1. The quantitative estimate of drug-likeness (QED) is 0.420. The van der Waals surface area contributed by atoms with Gasteiger partial charge in [-0.3, -0.25) is 9.59 Å². The molecule has 0 radical (unpaired) electrons. The lowest BCUT2D eigenvalue weighted by atomic mass is 9.87. The third kappa shape index (κ3) is 6.66. The first-order valence-electron chi connectivity index (χ1n) is 13.2. The molecule has 0 aliphatic carbocycles. The number of benzene rings is 2. The molecule has 1 fully saturated rings. The number of amides is 2. The van der Waals surface area contributed by atoms with Crippen LogP contribution in [0, 0.1) is 5.41 Å². The van der Waals surface area contributed by atoms with Crippen LogP contribution in [0.5, 0.6) is 34.5 Å². The average Bonchev–Trinajstić information content (AvgIpc) is 2.96. The summed E-state index contributed by atoms with van der Waals surface area (Å²) in [6, 6.07) is 6.45. The molecule has 40 heavy (non-hydrogen) atoms. The van der Waals surface area contributed by atoms with E-state index in [1.54, 1.807) is 29.2 Å². The third-order valence-corrected chi connectivity index (χ3v) is 7.08. The molecule has 2 aromatic carbocycles. The Kier molecular flexibility index (Phi) is 10.0. The molecule has 1 atom stereocenters. The fourth-order valence-electron chi connectivity index (χ4n) is 4.91. The first-order valence-corrected chi connectivity index (χ1v) is 13.2. The Morgan fingerprint density at radius 1 is 0.700 bits per heavy atom. The van der Waals surface area contributed by atoms with Crippen LogP contribution in [-0.2, 0) is 0 Å². The number of carbonyl (C=O) groups excluding carboxylic acids is 2. The molecule has 0 bridgehead atoms. The first-order chi connectivity index (χ1) is 19.0. The molecule has 1 saturated heterocycles. The highest BCUT2D eigenvalue weighted by atomic mass is 16.5. The minimum Gasteiger partial charge on any atom is -0.493 e. The fourth-order valence-corrected chi connectivity index (χ4v) is 4.91. The van der Waals surface area contributed by atoms with Crippen molar-refractivity contribution in [3.63, 3.8) is 0 Å². The third-order valence-electron chi connectivity index (χ3n) is 7.08. The van der Waals surface area contributed by atoms with E-state index in [2.05, 4.69) is 20.8 Å². The van der Waals surface area contributed by atoms with Crippen molar-refractivity contribution in [1.82, 2.24) is 9.80 Å². The van der Waals surface area contributed by atoms with Gasteiger partial charge in [-0.1, -0.05) is 20.8 Å². The topological polar surface area (TPSA) is 96.0 Å². The van der Waals surface area contributed by atoms with Crippen LogP contribution >= 0.6 is 0 Å². The van der Waals surface area contributed by atoms with Crippen molar-refractivity contribution in [1.29, 1.82) is 0 Å². The summed E-state index contributed by atoms with van der Waals surface area (Å²) < 4.78 is 32.7. The Labute approximate surface area is 237 Å². The van der Waals surface area contributed by atoms with E-state index in [9.17, 15) is 9.59 Å². The summed E-state index contributed by atoms with van der Waals surface area (Å²) in [5, 5.41) is 0. The van der Waals surface area contributed by atoms with E-state index in [4.69, 9.17) is 28.4 Å². The lowest BCUT2D eigenvalue weighted by Crippen LogP contribution is -2.56. The maximum absolute atomic E-state index is 13.9. The van der Waals surface area contributed by atoms with Gasteiger partial charge in [-0.15, -0.1) is 0 Å². The fraction of sp³-hybridized carbons (Fsp3) is 0.533. The van der Waals surface area contributed by atoms with Crippen molar-refractivity contribution in [2.45, 2.75) is 39.7 Å². The second kappa shape index (κ2) is 13.0. The molecule has 1 unspecified atom stereocenters. The van der Waals surface area contributed by atoms with Crippen LogP contribution in [0.1, 0.15) is 54.3 Å². The number of methoxy groups -OCH3 is 6. The van der Waals surface area contributed by atoms with Crippen LogP contribution < -0.4 is 28.4 Å². The summed E-state index contributed by atoms with van der Waals surface area (Å²) in [4.78, 5) is 31.2. The van der Waals surface area contributed by atoms with Crippen LogP contribution in [0.2, 0.25) is 0 Å². The zero-order chi connectivity index (χ0) is 29.6. The smallest absolute Gasteiger partial charge is 0.254 e. The van der Waals surface area contributed by atoms with Gasteiger partial charge in [0.15, 0.2) is 23.0 Å². The zero-order valence-electron chi connectivity index (χ0n) is 25.1. The van der Waals surface area contributed by atoms with Crippen molar-refractivity contribution in [2.24, 2.45) is 5.41 Å². The van der Waals surface area contributed by atoms with Gasteiger partial charge in [0, 0.05) is 36.8 Å². The molecule has 0 N–H and O–H groups in total. The Balaban J connectivity index is 1.93. The van der Waals surface area contributed by atoms with Crippen molar-refractivity contribution in [2.75, 3.05) is 62.3 Å². The van der Waals surface area contributed by atoms with Crippen LogP contribution in [0.3, 0.4) is 0 Å². The Hall–Kier alpha value is -3.82. The SMILES string of the molecule is COc1cc(C(=O)N2CCN(C(=O)c3cc(OC)c(OC)c(OC)c3)C(CCC(C)(C)C)C2)cc(OC)c1OC. The molecule has 3 rings (SSSR count). The van der Waals surface area contributed by atoms with Crippen molar-refractivity contribution < 1.29 is 38.0 Å². The number of ether oxygens (including phenoxy) is 6. The normalized spacial score (nSPS) is 15.4. The molecule has 1 aliphatic heterocycles. The predicted octanol–water partition coefficient (Wildman–Crippen LogP) is 4.53. The molecule has 0 saturated carbocycles. The largest absolute Gasteiger partial charge is 0.493 e. The van der Waals surface area contributed by atoms with Crippen LogP contribution in [-0.4, -0.2) is 89.9 Å². The van der Waals surface area contributed by atoms with E-state index >= 15 is 0 Å². The summed E-state index contributed by atoms with van der Waals surface area (Å²) in [7, 11) is 9.11. The molecule has 0 aromatic heterocycles. The van der Waals surface area contributed by atoms with Gasteiger partial charge in [-0.2, -0.15) is 0 Å². The van der Waals surface area contributed by atoms with E-state index in [0.29, 0.717) is 65.3 Å². The van der Waals surface area contributed by atoms with Crippen molar-refractivity contribution >= 4 is 11.8 Å². The van der Waals surface area contributed by atoms with Gasteiger partial charge in [0.25, 0.3) is 11.8 Å². The lowest BCUT2D eigenvalue weighted by Gasteiger charge is -2.42. The van der Waals surface area contributed by atoms with Gasteiger partial charge < -0.3 is 38.2 Å². The van der Waals surface area contributed by atoms with E-state index < -0.39 is 0 Å². The Morgan fingerprint density at radius 3 is 1.50 bits per heavy atom. The summed E-state index contributed by atoms with van der Waals surface area (Å²) in [5.74, 6) is 2.16. The first kappa shape index (κ1) is 30.7. The maximum Gasteiger partial charge on any atom is 0.254 e. The molecule has 10 nitrogen and oxygen atoms in total. The molecule has 0 spiro atoms. The minimum atomic E-state index is -0.189. The lowest BCUT2D eigenvalue weighted by molar-refractivity contribution is 0.0352. The average molecular weight is 559 g/mol. The predicted molar refractivity (Wildman–Crippen MR) is 152 cm³/mol. The van der Waals surface area contributed by atoms with Gasteiger partial charge in [0.2, 0.25) is 11.5 Å². The van der Waals surface area contributed by atoms with Gasteiger partial charge in [-0.05, 0) is 42.5 Å². The van der Waals surface area contributed by atoms with Crippen LogP contribution in [0.25, 0.3) is 0 Å². The Bertz CT molecular complexity index is 1160. The zero-order valence-corrected chi connectivity index (χ0v) is 25.1. The highest BCUT2D eigenvalue weighted by Gasteiger charge is 2.35. The van der Waals surface area contributed by atoms with Crippen LogP contribution in [0.4, 0.5) is 0 Å². The number of rotatable bonds is 10. The van der Waals surface area contributed by atoms with Crippen LogP contribution in [0.15, 0.2) is 24.3 Å². The summed E-state index contributed by atoms with van der Waals surface area (Å²) >= 11 is 0. The Morgan fingerprint density at radius 2 is 1.12 bits per heavy atom. The maximum atomic E-state index is 13.9. The van der Waals surface area contributed by atoms with E-state index in [1.807, 2.05) is 4.90 Å². The van der Waals surface area contributed by atoms with E-state index in [0.717, 1.165) is 12.8 Å². The molecule has 1 aliphatic rings. The highest BCUT2D eigenvalue weighted by Crippen LogP contribution is 2.40. The molecule has 10 heteroatoms. The van der Waals surface area contributed by atoms with Gasteiger partial charge in [0.1, 0.15) is 0 Å². The summed E-state index contributed by atoms with van der Waals surface area (Å²) in [6.45, 7) is 7.64. The molecular weight excluding hydrogens is 516 g/mol. The number of hydrogen-bond acceptors (Lipinski definition) is 8. The van der Waals surface area contributed by atoms with Gasteiger partial charge in [-0.25, -0.2) is 0 Å². The second-order valence-corrected chi connectivity index (χ2v) is 10.8. The van der Waals surface area contributed by atoms with E-state index in [1.165, 1.54) is 42.7 Å². The monoisotopic (exact) mass is 558 g/mol. The summed E-state index contributed by atoms with van der Waals surface area (Å²) in [5.41, 5.74) is 0.915. The second-order valence-electron chi connectivity index (χ2n) is 10.8. The number of carbonyl (C=O) groups is 2. The minimum absolute atomic E-state index is 0.0598. The van der Waals surface area contributed by atoms with E-state index in [-0.39, 0.29) is 23.3 Å². The molecule has 220 valence electrons.